The summed E-state index contributed by atoms with van der Waals surface area (Å²) in [6.45, 7) is 9.85. The molecule has 0 bridgehead atoms. The van der Waals surface area contributed by atoms with E-state index in [0.717, 1.165) is 34.4 Å². The Hall–Kier alpha value is -2.50. The highest BCUT2D eigenvalue weighted by Gasteiger charge is 2.11. The molecule has 0 unspecified atom stereocenters. The first-order valence-corrected chi connectivity index (χ1v) is 6.87. The molecule has 0 saturated carbocycles. The second-order valence-corrected chi connectivity index (χ2v) is 5.31. The molecule has 6 nitrogen and oxygen atoms in total. The summed E-state index contributed by atoms with van der Waals surface area (Å²) < 4.78 is 3.67. The van der Waals surface area contributed by atoms with Crippen LogP contribution in [0.3, 0.4) is 0 Å². The highest BCUT2D eigenvalue weighted by molar-refractivity contribution is 5.35. The molecule has 3 aromatic heterocycles. The summed E-state index contributed by atoms with van der Waals surface area (Å²) in [6.07, 6.45) is 0. The zero-order valence-electron chi connectivity index (χ0n) is 12.9. The van der Waals surface area contributed by atoms with E-state index in [1.165, 1.54) is 0 Å². The highest BCUT2D eigenvalue weighted by Crippen LogP contribution is 2.15. The van der Waals surface area contributed by atoms with Crippen molar-refractivity contribution in [3.8, 4) is 11.6 Å². The quantitative estimate of drug-likeness (QED) is 0.724. The van der Waals surface area contributed by atoms with Gasteiger partial charge >= 0.3 is 0 Å². The van der Waals surface area contributed by atoms with E-state index < -0.39 is 0 Å². The van der Waals surface area contributed by atoms with Crippen LogP contribution in [-0.4, -0.2) is 29.5 Å². The minimum atomic E-state index is 0.697. The summed E-state index contributed by atoms with van der Waals surface area (Å²) in [5, 5.41) is 8.96. The lowest BCUT2D eigenvalue weighted by atomic mass is 10.4. The van der Waals surface area contributed by atoms with Gasteiger partial charge in [-0.15, -0.1) is 0 Å². The summed E-state index contributed by atoms with van der Waals surface area (Å²) in [7, 11) is 0. The van der Waals surface area contributed by atoms with Crippen molar-refractivity contribution >= 4 is 0 Å². The summed E-state index contributed by atoms with van der Waals surface area (Å²) >= 11 is 0. The Kier molecular flexibility index (Phi) is 3.08. The van der Waals surface area contributed by atoms with Crippen LogP contribution in [-0.2, 0) is 0 Å². The van der Waals surface area contributed by atoms with E-state index in [9.17, 15) is 0 Å². The van der Waals surface area contributed by atoms with Crippen LogP contribution < -0.4 is 0 Å². The number of hydrogen-bond acceptors (Lipinski definition) is 4. The minimum Gasteiger partial charge on any atom is -0.219 e. The van der Waals surface area contributed by atoms with Crippen molar-refractivity contribution in [1.82, 2.24) is 29.5 Å². The van der Waals surface area contributed by atoms with Gasteiger partial charge in [0.1, 0.15) is 5.82 Å². The number of aryl methyl sites for hydroxylation is 5. The first-order chi connectivity index (χ1) is 9.94. The lowest BCUT2D eigenvalue weighted by Gasteiger charge is -2.08. The van der Waals surface area contributed by atoms with E-state index >= 15 is 0 Å². The third-order valence-corrected chi connectivity index (χ3v) is 3.26. The lowest BCUT2D eigenvalue weighted by molar-refractivity contribution is 0.758. The van der Waals surface area contributed by atoms with E-state index in [2.05, 4.69) is 20.2 Å². The van der Waals surface area contributed by atoms with E-state index in [1.807, 2.05) is 62.2 Å². The lowest BCUT2D eigenvalue weighted by Crippen LogP contribution is -2.09. The Morgan fingerprint density at radius 2 is 1.10 bits per heavy atom. The van der Waals surface area contributed by atoms with Gasteiger partial charge in [0.15, 0.2) is 11.6 Å². The third kappa shape index (κ3) is 2.44. The molecule has 108 valence electrons. The normalized spacial score (nSPS) is 11.1. The number of nitrogens with zero attached hydrogens (tertiary/aromatic N) is 6. The van der Waals surface area contributed by atoms with Gasteiger partial charge in [-0.05, 0) is 46.8 Å². The summed E-state index contributed by atoms with van der Waals surface area (Å²) in [6, 6.07) is 5.97. The molecule has 0 spiro atoms. The maximum Gasteiger partial charge on any atom is 0.159 e. The molecule has 21 heavy (non-hydrogen) atoms. The first kappa shape index (κ1) is 13.5. The fraction of sp³-hybridized carbons (Fsp3) is 0.333. The molecule has 0 fully saturated rings. The van der Waals surface area contributed by atoms with Crippen molar-refractivity contribution in [3.05, 3.63) is 46.8 Å². The molecule has 0 aromatic carbocycles. The SMILES string of the molecule is Cc1cc(C)n(-c2cc(-n3nc(C)cc3C)nc(C)n2)n1. The average molecular weight is 282 g/mol. The zero-order valence-corrected chi connectivity index (χ0v) is 12.9. The second-order valence-electron chi connectivity index (χ2n) is 5.31. The second kappa shape index (κ2) is 4.80. The molecule has 0 saturated heterocycles. The summed E-state index contributed by atoms with van der Waals surface area (Å²) in [5.41, 5.74) is 4.03. The van der Waals surface area contributed by atoms with Crippen LogP contribution in [0, 0.1) is 34.6 Å². The van der Waals surface area contributed by atoms with Crippen molar-refractivity contribution in [2.24, 2.45) is 0 Å². The topological polar surface area (TPSA) is 61.4 Å². The minimum absolute atomic E-state index is 0.697. The van der Waals surface area contributed by atoms with Crippen LogP contribution in [0.15, 0.2) is 18.2 Å². The van der Waals surface area contributed by atoms with E-state index in [1.54, 1.807) is 0 Å². The molecule has 0 atom stereocenters. The smallest absolute Gasteiger partial charge is 0.159 e. The van der Waals surface area contributed by atoms with Crippen molar-refractivity contribution in [2.45, 2.75) is 34.6 Å². The Labute approximate surface area is 123 Å². The first-order valence-electron chi connectivity index (χ1n) is 6.87. The van der Waals surface area contributed by atoms with Gasteiger partial charge in [0.25, 0.3) is 0 Å². The van der Waals surface area contributed by atoms with Crippen LogP contribution in [0.1, 0.15) is 28.6 Å². The summed E-state index contributed by atoms with van der Waals surface area (Å²) in [4.78, 5) is 8.98. The van der Waals surface area contributed by atoms with Crippen LogP contribution in [0.25, 0.3) is 11.6 Å². The molecule has 0 N–H and O–H groups in total. The summed E-state index contributed by atoms with van der Waals surface area (Å²) in [5.74, 6) is 2.22. The number of hydrogen-bond donors (Lipinski definition) is 0. The molecule has 6 heteroatoms. The Bertz CT molecular complexity index is 747. The molecule has 0 radical (unpaired) electrons. The molecule has 3 rings (SSSR count). The Balaban J connectivity index is 2.17. The van der Waals surface area contributed by atoms with Gasteiger partial charge in [-0.3, -0.25) is 0 Å². The molecule has 3 aromatic rings. The zero-order chi connectivity index (χ0) is 15.1. The van der Waals surface area contributed by atoms with E-state index in [4.69, 9.17) is 0 Å². The van der Waals surface area contributed by atoms with Gasteiger partial charge in [-0.25, -0.2) is 19.3 Å². The average Bonchev–Trinajstić information content (AvgIpc) is 2.90. The van der Waals surface area contributed by atoms with Gasteiger partial charge in [-0.1, -0.05) is 0 Å². The van der Waals surface area contributed by atoms with Crippen LogP contribution >= 0.6 is 0 Å². The van der Waals surface area contributed by atoms with Gasteiger partial charge < -0.3 is 0 Å². The number of aromatic nitrogens is 6. The molecule has 0 aliphatic heterocycles. The third-order valence-electron chi connectivity index (χ3n) is 3.26. The van der Waals surface area contributed by atoms with Gasteiger partial charge in [0.05, 0.1) is 11.4 Å². The Morgan fingerprint density at radius 1 is 0.667 bits per heavy atom. The van der Waals surface area contributed by atoms with E-state index in [-0.39, 0.29) is 0 Å². The van der Waals surface area contributed by atoms with Crippen molar-refractivity contribution in [1.29, 1.82) is 0 Å². The molecular weight excluding hydrogens is 264 g/mol. The highest BCUT2D eigenvalue weighted by atomic mass is 15.3. The maximum absolute atomic E-state index is 4.49. The van der Waals surface area contributed by atoms with Crippen molar-refractivity contribution < 1.29 is 0 Å². The molecule has 0 aliphatic carbocycles. The molecule has 3 heterocycles. The molecule has 0 aliphatic rings. The van der Waals surface area contributed by atoms with Crippen molar-refractivity contribution in [2.75, 3.05) is 0 Å². The van der Waals surface area contributed by atoms with Crippen molar-refractivity contribution in [3.63, 3.8) is 0 Å². The standard InChI is InChI=1S/C15H18N6/c1-9-6-11(3)20(18-9)14-8-15(17-13(5)16-14)21-12(4)7-10(2)19-21/h6-8H,1-5H3. The molecule has 0 amide bonds. The van der Waals surface area contributed by atoms with Gasteiger partial charge in [0.2, 0.25) is 0 Å². The largest absolute Gasteiger partial charge is 0.219 e. The fourth-order valence-corrected chi connectivity index (χ4v) is 2.48. The maximum atomic E-state index is 4.49. The van der Waals surface area contributed by atoms with Gasteiger partial charge in [0, 0.05) is 17.5 Å². The fourth-order valence-electron chi connectivity index (χ4n) is 2.48. The number of rotatable bonds is 2. The monoisotopic (exact) mass is 282 g/mol. The Morgan fingerprint density at radius 3 is 1.43 bits per heavy atom. The predicted molar refractivity (Wildman–Crippen MR) is 80.0 cm³/mol. The van der Waals surface area contributed by atoms with Gasteiger partial charge in [-0.2, -0.15) is 10.2 Å². The van der Waals surface area contributed by atoms with E-state index in [0.29, 0.717) is 5.82 Å². The van der Waals surface area contributed by atoms with Crippen LogP contribution in [0.4, 0.5) is 0 Å². The predicted octanol–water partition coefficient (Wildman–Crippen LogP) is 2.39. The molecular formula is C15H18N6. The van der Waals surface area contributed by atoms with Crippen LogP contribution in [0.5, 0.6) is 0 Å². The van der Waals surface area contributed by atoms with Crippen LogP contribution in [0.2, 0.25) is 0 Å².